The molecule has 0 aliphatic rings. The number of amides is 1. The summed E-state index contributed by atoms with van der Waals surface area (Å²) in [6, 6.07) is 7.37. The molecule has 120 valence electrons. The fraction of sp³-hybridized carbons (Fsp3) is 0.167. The zero-order valence-corrected chi connectivity index (χ0v) is 13.5. The van der Waals surface area contributed by atoms with E-state index in [1.165, 1.54) is 0 Å². The van der Waals surface area contributed by atoms with Gasteiger partial charge in [0.1, 0.15) is 0 Å². The van der Waals surface area contributed by atoms with Gasteiger partial charge in [0.15, 0.2) is 5.82 Å². The molecule has 3 aromatic heterocycles. The Morgan fingerprint density at radius 3 is 2.33 bits per heavy atom. The molecule has 0 N–H and O–H groups in total. The van der Waals surface area contributed by atoms with Crippen molar-refractivity contribution in [3.05, 3.63) is 72.6 Å². The third-order valence-electron chi connectivity index (χ3n) is 3.91. The second-order valence-corrected chi connectivity index (χ2v) is 5.41. The molecule has 24 heavy (non-hydrogen) atoms. The van der Waals surface area contributed by atoms with Gasteiger partial charge in [-0.1, -0.05) is 6.07 Å². The van der Waals surface area contributed by atoms with Crippen LogP contribution in [0.25, 0.3) is 11.4 Å². The van der Waals surface area contributed by atoms with E-state index in [1.807, 2.05) is 31.2 Å². The van der Waals surface area contributed by atoms with Crippen molar-refractivity contribution in [2.24, 2.45) is 0 Å². The van der Waals surface area contributed by atoms with Gasteiger partial charge < -0.3 is 4.90 Å². The van der Waals surface area contributed by atoms with Gasteiger partial charge in [0.05, 0.1) is 11.6 Å². The van der Waals surface area contributed by atoms with Gasteiger partial charge >= 0.3 is 0 Å². The molecule has 1 atom stereocenters. The molecular formula is C18H17N5O. The molecule has 3 rings (SSSR count). The van der Waals surface area contributed by atoms with Crippen LogP contribution in [0.2, 0.25) is 0 Å². The van der Waals surface area contributed by atoms with Crippen LogP contribution < -0.4 is 0 Å². The Hall–Kier alpha value is -3.15. The molecule has 1 amide bonds. The smallest absolute Gasteiger partial charge is 0.257 e. The van der Waals surface area contributed by atoms with Crippen LogP contribution in [0.1, 0.15) is 28.9 Å². The Labute approximate surface area is 140 Å². The van der Waals surface area contributed by atoms with Crippen molar-refractivity contribution in [3.8, 4) is 11.4 Å². The zero-order valence-electron chi connectivity index (χ0n) is 13.5. The van der Waals surface area contributed by atoms with Crippen molar-refractivity contribution in [2.75, 3.05) is 7.05 Å². The van der Waals surface area contributed by atoms with Crippen molar-refractivity contribution in [3.63, 3.8) is 0 Å². The SMILES string of the molecule is CC(c1cccnc1)N(C)C(=O)c1cnc(-c2ccncc2)nc1. The predicted octanol–water partition coefficient (Wildman–Crippen LogP) is 2.77. The molecule has 0 spiro atoms. The fourth-order valence-corrected chi connectivity index (χ4v) is 2.31. The molecule has 3 aromatic rings. The lowest BCUT2D eigenvalue weighted by Crippen LogP contribution is -2.30. The summed E-state index contributed by atoms with van der Waals surface area (Å²) in [7, 11) is 1.76. The summed E-state index contributed by atoms with van der Waals surface area (Å²) >= 11 is 0. The minimum atomic E-state index is -0.132. The van der Waals surface area contributed by atoms with Crippen LogP contribution in [0.4, 0.5) is 0 Å². The van der Waals surface area contributed by atoms with Crippen LogP contribution in [0.3, 0.4) is 0 Å². The first-order valence-corrected chi connectivity index (χ1v) is 7.56. The minimum Gasteiger partial charge on any atom is -0.335 e. The van der Waals surface area contributed by atoms with E-state index in [0.29, 0.717) is 11.4 Å². The summed E-state index contributed by atoms with van der Waals surface area (Å²) in [5.74, 6) is 0.435. The monoisotopic (exact) mass is 319 g/mol. The molecule has 3 heterocycles. The van der Waals surface area contributed by atoms with E-state index in [0.717, 1.165) is 11.1 Å². The van der Waals surface area contributed by atoms with Gasteiger partial charge in [-0.2, -0.15) is 0 Å². The quantitative estimate of drug-likeness (QED) is 0.739. The van der Waals surface area contributed by atoms with E-state index < -0.39 is 0 Å². The van der Waals surface area contributed by atoms with E-state index in [9.17, 15) is 4.79 Å². The summed E-state index contributed by atoms with van der Waals surface area (Å²) in [6.45, 7) is 1.96. The summed E-state index contributed by atoms with van der Waals surface area (Å²) in [4.78, 5) is 30.9. The maximum Gasteiger partial charge on any atom is 0.257 e. The first-order valence-electron chi connectivity index (χ1n) is 7.56. The highest BCUT2D eigenvalue weighted by Gasteiger charge is 2.19. The topological polar surface area (TPSA) is 71.9 Å². The molecule has 6 heteroatoms. The lowest BCUT2D eigenvalue weighted by atomic mass is 10.1. The Kier molecular flexibility index (Phi) is 4.56. The first-order chi connectivity index (χ1) is 11.7. The lowest BCUT2D eigenvalue weighted by Gasteiger charge is -2.25. The maximum atomic E-state index is 12.6. The summed E-state index contributed by atoms with van der Waals surface area (Å²) in [5, 5.41) is 0. The predicted molar refractivity (Wildman–Crippen MR) is 90.0 cm³/mol. The molecule has 0 fully saturated rings. The highest BCUT2D eigenvalue weighted by Crippen LogP contribution is 2.20. The maximum absolute atomic E-state index is 12.6. The number of nitrogens with zero attached hydrogens (tertiary/aromatic N) is 5. The molecule has 0 radical (unpaired) electrons. The Balaban J connectivity index is 1.77. The van der Waals surface area contributed by atoms with Crippen LogP contribution in [0, 0.1) is 0 Å². The van der Waals surface area contributed by atoms with Crippen molar-refractivity contribution in [2.45, 2.75) is 13.0 Å². The zero-order chi connectivity index (χ0) is 16.9. The summed E-state index contributed by atoms with van der Waals surface area (Å²) in [5.41, 5.74) is 2.29. The van der Waals surface area contributed by atoms with Gasteiger partial charge in [-0.05, 0) is 30.7 Å². The van der Waals surface area contributed by atoms with Gasteiger partial charge in [0, 0.05) is 49.8 Å². The van der Waals surface area contributed by atoms with E-state index in [4.69, 9.17) is 0 Å². The average Bonchev–Trinajstić information content (AvgIpc) is 2.68. The average molecular weight is 319 g/mol. The van der Waals surface area contributed by atoms with Gasteiger partial charge in [-0.25, -0.2) is 9.97 Å². The molecule has 0 saturated heterocycles. The lowest BCUT2D eigenvalue weighted by molar-refractivity contribution is 0.0741. The van der Waals surface area contributed by atoms with E-state index in [-0.39, 0.29) is 11.9 Å². The standard InChI is InChI=1S/C18H17N5O/c1-13(15-4-3-7-20-10-15)23(2)18(24)16-11-21-17(22-12-16)14-5-8-19-9-6-14/h3-13H,1-2H3. The first kappa shape index (κ1) is 15.7. The third-order valence-corrected chi connectivity index (χ3v) is 3.91. The van der Waals surface area contributed by atoms with Crippen LogP contribution >= 0.6 is 0 Å². The highest BCUT2D eigenvalue weighted by atomic mass is 16.2. The van der Waals surface area contributed by atoms with Gasteiger partial charge in [0.2, 0.25) is 0 Å². The molecular weight excluding hydrogens is 302 g/mol. The van der Waals surface area contributed by atoms with Gasteiger partial charge in [-0.3, -0.25) is 14.8 Å². The highest BCUT2D eigenvalue weighted by molar-refractivity contribution is 5.93. The molecule has 6 nitrogen and oxygen atoms in total. The molecule has 0 bridgehead atoms. The van der Waals surface area contributed by atoms with Crippen LogP contribution in [0.15, 0.2) is 61.4 Å². The van der Waals surface area contributed by atoms with Crippen molar-refractivity contribution in [1.29, 1.82) is 0 Å². The second kappa shape index (κ2) is 6.95. The molecule has 1 unspecified atom stereocenters. The summed E-state index contributed by atoms with van der Waals surface area (Å²) < 4.78 is 0. The van der Waals surface area contributed by atoms with E-state index >= 15 is 0 Å². The van der Waals surface area contributed by atoms with Crippen LogP contribution in [-0.4, -0.2) is 37.8 Å². The Morgan fingerprint density at radius 1 is 1.00 bits per heavy atom. The number of rotatable bonds is 4. The van der Waals surface area contributed by atoms with Crippen molar-refractivity contribution in [1.82, 2.24) is 24.8 Å². The number of carbonyl (C=O) groups excluding carboxylic acids is 1. The number of hydrogen-bond donors (Lipinski definition) is 0. The molecule has 0 aliphatic carbocycles. The number of hydrogen-bond acceptors (Lipinski definition) is 5. The number of aromatic nitrogens is 4. The Bertz CT molecular complexity index is 806. The summed E-state index contributed by atoms with van der Waals surface area (Å²) in [6.07, 6.45) is 9.94. The number of carbonyl (C=O) groups is 1. The molecule has 0 aromatic carbocycles. The Morgan fingerprint density at radius 2 is 1.71 bits per heavy atom. The largest absolute Gasteiger partial charge is 0.335 e. The normalized spacial score (nSPS) is 11.8. The van der Waals surface area contributed by atoms with Crippen LogP contribution in [-0.2, 0) is 0 Å². The number of pyridine rings is 2. The molecule has 0 aliphatic heterocycles. The van der Waals surface area contributed by atoms with E-state index in [1.54, 1.807) is 49.1 Å². The second-order valence-electron chi connectivity index (χ2n) is 5.41. The van der Waals surface area contributed by atoms with Gasteiger partial charge in [0.25, 0.3) is 5.91 Å². The van der Waals surface area contributed by atoms with Crippen molar-refractivity contribution < 1.29 is 4.79 Å². The van der Waals surface area contributed by atoms with Gasteiger partial charge in [-0.15, -0.1) is 0 Å². The molecule has 0 saturated carbocycles. The van der Waals surface area contributed by atoms with Crippen molar-refractivity contribution >= 4 is 5.91 Å². The van der Waals surface area contributed by atoms with Crippen LogP contribution in [0.5, 0.6) is 0 Å². The fourth-order valence-electron chi connectivity index (χ4n) is 2.31. The van der Waals surface area contributed by atoms with E-state index in [2.05, 4.69) is 19.9 Å². The third kappa shape index (κ3) is 3.27. The minimum absolute atomic E-state index is 0.0916.